The standard InChI is InChI=1S/C8H11F/c1-3-4-5-8(2)6-7-9/h3-7H,1-2H3/b4-3+,7-6+,8-5-. The molecule has 0 rings (SSSR count). The quantitative estimate of drug-likeness (QED) is 0.499. The largest absolute Gasteiger partial charge is 0.216 e. The Kier molecular flexibility index (Phi) is 4.79. The first-order valence-corrected chi connectivity index (χ1v) is 2.87. The van der Waals surface area contributed by atoms with E-state index in [0.717, 1.165) is 5.57 Å². The molecule has 0 aromatic rings. The molecule has 0 aliphatic carbocycles. The molecule has 0 nitrogen and oxygen atoms in total. The smallest absolute Gasteiger partial charge is 0.0869 e. The van der Waals surface area contributed by atoms with E-state index in [9.17, 15) is 4.39 Å². The van der Waals surface area contributed by atoms with Crippen molar-refractivity contribution in [2.24, 2.45) is 0 Å². The van der Waals surface area contributed by atoms with Gasteiger partial charge in [0, 0.05) is 0 Å². The molecule has 0 radical (unpaired) electrons. The van der Waals surface area contributed by atoms with Crippen LogP contribution in [0.25, 0.3) is 0 Å². The fourth-order valence-electron chi connectivity index (χ4n) is 0.403. The second kappa shape index (κ2) is 5.29. The molecule has 0 aromatic heterocycles. The summed E-state index contributed by atoms with van der Waals surface area (Å²) in [5.74, 6) is 0. The number of rotatable bonds is 2. The monoisotopic (exact) mass is 126 g/mol. The fraction of sp³-hybridized carbons (Fsp3) is 0.250. The van der Waals surface area contributed by atoms with Crippen molar-refractivity contribution in [2.45, 2.75) is 13.8 Å². The average molecular weight is 126 g/mol. The van der Waals surface area contributed by atoms with Gasteiger partial charge in [-0.2, -0.15) is 0 Å². The fourth-order valence-corrected chi connectivity index (χ4v) is 0.403. The highest BCUT2D eigenvalue weighted by atomic mass is 19.1. The lowest BCUT2D eigenvalue weighted by Crippen LogP contribution is -1.62. The minimum Gasteiger partial charge on any atom is -0.216 e. The van der Waals surface area contributed by atoms with Gasteiger partial charge >= 0.3 is 0 Å². The molecular formula is C8H11F. The highest BCUT2D eigenvalue weighted by Crippen LogP contribution is 1.94. The summed E-state index contributed by atoms with van der Waals surface area (Å²) in [5.41, 5.74) is 0.913. The lowest BCUT2D eigenvalue weighted by molar-refractivity contribution is 0.720. The zero-order valence-corrected chi connectivity index (χ0v) is 5.76. The van der Waals surface area contributed by atoms with Crippen molar-refractivity contribution >= 4 is 0 Å². The van der Waals surface area contributed by atoms with E-state index in [4.69, 9.17) is 0 Å². The summed E-state index contributed by atoms with van der Waals surface area (Å²) >= 11 is 0. The van der Waals surface area contributed by atoms with Gasteiger partial charge in [0.25, 0.3) is 0 Å². The van der Waals surface area contributed by atoms with Gasteiger partial charge in [-0.1, -0.05) is 18.2 Å². The lowest BCUT2D eigenvalue weighted by atomic mass is 10.3. The number of halogens is 1. The molecule has 0 N–H and O–H groups in total. The second-order valence-electron chi connectivity index (χ2n) is 1.73. The van der Waals surface area contributed by atoms with Crippen LogP contribution in [0.5, 0.6) is 0 Å². The molecule has 0 aliphatic heterocycles. The predicted octanol–water partition coefficient (Wildman–Crippen LogP) is 2.99. The third-order valence-electron chi connectivity index (χ3n) is 0.877. The van der Waals surface area contributed by atoms with Crippen LogP contribution < -0.4 is 0 Å². The van der Waals surface area contributed by atoms with Gasteiger partial charge in [-0.25, -0.2) is 4.39 Å². The molecule has 0 atom stereocenters. The van der Waals surface area contributed by atoms with Crippen LogP contribution in [-0.2, 0) is 0 Å². The summed E-state index contributed by atoms with van der Waals surface area (Å²) in [6.45, 7) is 3.76. The summed E-state index contributed by atoms with van der Waals surface area (Å²) in [6.07, 6.45) is 7.57. The van der Waals surface area contributed by atoms with Crippen molar-refractivity contribution in [1.82, 2.24) is 0 Å². The summed E-state index contributed by atoms with van der Waals surface area (Å²) in [6, 6.07) is 0. The van der Waals surface area contributed by atoms with Crippen LogP contribution in [0, 0.1) is 0 Å². The van der Waals surface area contributed by atoms with Gasteiger partial charge in [0.1, 0.15) is 0 Å². The first-order chi connectivity index (χ1) is 4.31. The molecular weight excluding hydrogens is 115 g/mol. The molecule has 0 bridgehead atoms. The molecule has 0 spiro atoms. The average Bonchev–Trinajstić information content (AvgIpc) is 1.85. The SMILES string of the molecule is C/C=C/C=C(C)\C=C\F. The Morgan fingerprint density at radius 1 is 1.44 bits per heavy atom. The van der Waals surface area contributed by atoms with Crippen molar-refractivity contribution in [1.29, 1.82) is 0 Å². The molecule has 9 heavy (non-hydrogen) atoms. The summed E-state index contributed by atoms with van der Waals surface area (Å²) in [4.78, 5) is 0. The Balaban J connectivity index is 3.84. The molecule has 50 valence electrons. The van der Waals surface area contributed by atoms with Crippen LogP contribution in [0.2, 0.25) is 0 Å². The highest BCUT2D eigenvalue weighted by Gasteiger charge is 1.74. The molecule has 0 amide bonds. The van der Waals surface area contributed by atoms with E-state index in [1.165, 1.54) is 6.08 Å². The lowest BCUT2D eigenvalue weighted by Gasteiger charge is -1.82. The maximum Gasteiger partial charge on any atom is 0.0869 e. The van der Waals surface area contributed by atoms with Crippen LogP contribution in [0.1, 0.15) is 13.8 Å². The predicted molar refractivity (Wildman–Crippen MR) is 38.8 cm³/mol. The molecule has 0 aromatic carbocycles. The second-order valence-corrected chi connectivity index (χ2v) is 1.73. The Bertz CT molecular complexity index is 141. The van der Waals surface area contributed by atoms with Crippen molar-refractivity contribution in [2.75, 3.05) is 0 Å². The van der Waals surface area contributed by atoms with E-state index < -0.39 is 0 Å². The van der Waals surface area contributed by atoms with E-state index in [-0.39, 0.29) is 0 Å². The van der Waals surface area contributed by atoms with Crippen LogP contribution in [0.4, 0.5) is 4.39 Å². The van der Waals surface area contributed by atoms with Crippen LogP contribution in [0.3, 0.4) is 0 Å². The van der Waals surface area contributed by atoms with E-state index in [1.807, 2.05) is 32.1 Å². The van der Waals surface area contributed by atoms with Gasteiger partial charge in [0.2, 0.25) is 0 Å². The third-order valence-corrected chi connectivity index (χ3v) is 0.877. The normalized spacial score (nSPS) is 13.9. The minimum absolute atomic E-state index is 0.537. The van der Waals surface area contributed by atoms with Crippen molar-refractivity contribution in [3.63, 3.8) is 0 Å². The van der Waals surface area contributed by atoms with Gasteiger partial charge in [0.05, 0.1) is 6.33 Å². The number of hydrogen-bond donors (Lipinski definition) is 0. The highest BCUT2D eigenvalue weighted by molar-refractivity contribution is 5.19. The minimum atomic E-state index is 0.537. The summed E-state index contributed by atoms with van der Waals surface area (Å²) in [5, 5.41) is 0. The van der Waals surface area contributed by atoms with Crippen LogP contribution in [0.15, 0.2) is 36.2 Å². The van der Waals surface area contributed by atoms with E-state index >= 15 is 0 Å². The molecule has 0 saturated carbocycles. The van der Waals surface area contributed by atoms with Gasteiger partial charge in [-0.15, -0.1) is 0 Å². The van der Waals surface area contributed by atoms with Gasteiger partial charge in [0.15, 0.2) is 0 Å². The Labute approximate surface area is 55.4 Å². The first-order valence-electron chi connectivity index (χ1n) is 2.87. The molecule has 1 heteroatoms. The van der Waals surface area contributed by atoms with E-state index in [1.54, 1.807) is 0 Å². The van der Waals surface area contributed by atoms with Crippen LogP contribution >= 0.6 is 0 Å². The zero-order valence-electron chi connectivity index (χ0n) is 5.76. The molecule has 0 fully saturated rings. The van der Waals surface area contributed by atoms with E-state index in [2.05, 4.69) is 0 Å². The van der Waals surface area contributed by atoms with Crippen molar-refractivity contribution < 1.29 is 4.39 Å². The Hall–Kier alpha value is -0.850. The van der Waals surface area contributed by atoms with Crippen LogP contribution in [-0.4, -0.2) is 0 Å². The van der Waals surface area contributed by atoms with E-state index in [0.29, 0.717) is 6.33 Å². The molecule has 0 unspecified atom stereocenters. The summed E-state index contributed by atoms with van der Waals surface area (Å²) in [7, 11) is 0. The van der Waals surface area contributed by atoms with Gasteiger partial charge in [-0.3, -0.25) is 0 Å². The molecule has 0 heterocycles. The Morgan fingerprint density at radius 2 is 2.11 bits per heavy atom. The third kappa shape index (κ3) is 5.01. The molecule has 0 saturated heterocycles. The maximum absolute atomic E-state index is 11.4. The summed E-state index contributed by atoms with van der Waals surface area (Å²) < 4.78 is 11.4. The van der Waals surface area contributed by atoms with Crippen molar-refractivity contribution in [3.05, 3.63) is 36.2 Å². The topological polar surface area (TPSA) is 0 Å². The molecule has 0 aliphatic rings. The number of allylic oxidation sites excluding steroid dienone is 5. The Morgan fingerprint density at radius 3 is 2.56 bits per heavy atom. The van der Waals surface area contributed by atoms with Gasteiger partial charge in [-0.05, 0) is 25.5 Å². The zero-order chi connectivity index (χ0) is 7.11. The van der Waals surface area contributed by atoms with Crippen molar-refractivity contribution in [3.8, 4) is 0 Å². The first kappa shape index (κ1) is 8.15. The maximum atomic E-state index is 11.4. The number of hydrogen-bond acceptors (Lipinski definition) is 0. The van der Waals surface area contributed by atoms with Gasteiger partial charge < -0.3 is 0 Å².